The zero-order valence-electron chi connectivity index (χ0n) is 16.1. The van der Waals surface area contributed by atoms with Gasteiger partial charge in [-0.25, -0.2) is 4.79 Å². The third-order valence-corrected chi connectivity index (χ3v) is 3.50. The fraction of sp³-hybridized carbons (Fsp3) is 0.409. The van der Waals surface area contributed by atoms with E-state index in [-0.39, 0.29) is 6.42 Å². The van der Waals surface area contributed by atoms with E-state index in [9.17, 15) is 14.9 Å². The third kappa shape index (κ3) is 16.5. The Morgan fingerprint density at radius 1 is 0.778 bits per heavy atom. The molecule has 0 saturated heterocycles. The molecule has 0 aliphatic carbocycles. The second-order valence-corrected chi connectivity index (χ2v) is 5.79. The Kier molecular flexibility index (Phi) is 16.3. The van der Waals surface area contributed by atoms with Gasteiger partial charge in [-0.2, -0.15) is 0 Å². The van der Waals surface area contributed by atoms with Crippen molar-refractivity contribution in [3.63, 3.8) is 0 Å². The van der Waals surface area contributed by atoms with E-state index in [4.69, 9.17) is 5.11 Å². The highest BCUT2D eigenvalue weighted by Gasteiger charge is 2.27. The lowest BCUT2D eigenvalue weighted by Crippen LogP contribution is -2.28. The average Bonchev–Trinajstić information content (AvgIpc) is 2.63. The van der Waals surface area contributed by atoms with Crippen molar-refractivity contribution in [1.29, 1.82) is 0 Å². The standard InChI is InChI=1S/C22H31NO4/c1-2-3-4-5-6-7-8-9-10-11-12-13-14-15-16-17-18-19-20-21(22(24)25)23(26)27/h3-4,6-7,9-10,12-13,15-16,18-19,21H,2,5,8,11,14,17,20H2,1H3,(H,24,25)/b4-3+,7-6+,10-9+,13-12+,16-15+,19-18+. The summed E-state index contributed by atoms with van der Waals surface area (Å²) in [7, 11) is 0. The van der Waals surface area contributed by atoms with Gasteiger partial charge in [0.2, 0.25) is 0 Å². The number of carboxylic acids is 1. The molecule has 0 bridgehead atoms. The first kappa shape index (κ1) is 24.3. The van der Waals surface area contributed by atoms with Crippen LogP contribution < -0.4 is 0 Å². The Hall–Kier alpha value is -2.69. The van der Waals surface area contributed by atoms with Gasteiger partial charge in [0.25, 0.3) is 0 Å². The van der Waals surface area contributed by atoms with E-state index in [0.29, 0.717) is 6.42 Å². The Morgan fingerprint density at radius 2 is 1.11 bits per heavy atom. The minimum Gasteiger partial charge on any atom is -0.476 e. The van der Waals surface area contributed by atoms with Gasteiger partial charge in [0.1, 0.15) is 0 Å². The Morgan fingerprint density at radius 3 is 1.41 bits per heavy atom. The molecule has 0 rings (SSSR count). The molecule has 1 N–H and O–H groups in total. The molecule has 0 aliphatic rings. The molecule has 5 heteroatoms. The molecular weight excluding hydrogens is 342 g/mol. The summed E-state index contributed by atoms with van der Waals surface area (Å²) in [6, 6.07) is -1.56. The molecule has 0 fully saturated rings. The van der Waals surface area contributed by atoms with Crippen molar-refractivity contribution in [2.75, 3.05) is 0 Å². The predicted octanol–water partition coefficient (Wildman–Crippen LogP) is 5.80. The van der Waals surface area contributed by atoms with Crippen LogP contribution in [0.3, 0.4) is 0 Å². The first-order chi connectivity index (χ1) is 13.1. The molecule has 0 spiro atoms. The third-order valence-electron chi connectivity index (χ3n) is 3.50. The SMILES string of the molecule is CC/C=C/C/C=C/C/C=C/C/C=C/C/C=C/C/C=C/CC(C(=O)O)[N+](=O)[O-]. The highest BCUT2D eigenvalue weighted by molar-refractivity contribution is 5.72. The van der Waals surface area contributed by atoms with Crippen LogP contribution in [0, 0.1) is 10.1 Å². The first-order valence-corrected chi connectivity index (χ1v) is 9.35. The molecule has 148 valence electrons. The van der Waals surface area contributed by atoms with Crippen LogP contribution in [0.2, 0.25) is 0 Å². The van der Waals surface area contributed by atoms with Crippen LogP contribution in [0.15, 0.2) is 72.9 Å². The van der Waals surface area contributed by atoms with Crippen molar-refractivity contribution in [2.45, 2.75) is 57.9 Å². The lowest BCUT2D eigenvalue weighted by atomic mass is 10.2. The summed E-state index contributed by atoms with van der Waals surface area (Å²) >= 11 is 0. The highest BCUT2D eigenvalue weighted by atomic mass is 16.6. The fourth-order valence-electron chi connectivity index (χ4n) is 2.02. The van der Waals surface area contributed by atoms with E-state index >= 15 is 0 Å². The van der Waals surface area contributed by atoms with Crippen LogP contribution in [0.1, 0.15) is 51.9 Å². The Bertz CT molecular complexity index is 569. The maximum absolute atomic E-state index is 10.6. The largest absolute Gasteiger partial charge is 0.476 e. The summed E-state index contributed by atoms with van der Waals surface area (Å²) in [5.41, 5.74) is 0. The predicted molar refractivity (Wildman–Crippen MR) is 111 cm³/mol. The summed E-state index contributed by atoms with van der Waals surface area (Å²) in [6.07, 6.45) is 29.8. The van der Waals surface area contributed by atoms with E-state index in [1.807, 2.05) is 12.2 Å². The molecule has 0 aromatic heterocycles. The van der Waals surface area contributed by atoms with Gasteiger partial charge in [-0.3, -0.25) is 10.1 Å². The molecule has 1 atom stereocenters. The summed E-state index contributed by atoms with van der Waals surface area (Å²) in [5, 5.41) is 19.2. The van der Waals surface area contributed by atoms with E-state index in [1.54, 1.807) is 12.2 Å². The molecule has 0 aromatic rings. The number of nitro groups is 1. The van der Waals surface area contributed by atoms with Crippen LogP contribution >= 0.6 is 0 Å². The minimum atomic E-state index is -1.56. The van der Waals surface area contributed by atoms with Gasteiger partial charge in [-0.05, 0) is 38.5 Å². The van der Waals surface area contributed by atoms with Crippen LogP contribution in [-0.2, 0) is 4.79 Å². The quantitative estimate of drug-likeness (QED) is 0.223. The van der Waals surface area contributed by atoms with E-state index in [2.05, 4.69) is 55.5 Å². The zero-order valence-corrected chi connectivity index (χ0v) is 16.1. The van der Waals surface area contributed by atoms with Gasteiger partial charge in [-0.15, -0.1) is 0 Å². The topological polar surface area (TPSA) is 80.4 Å². The highest BCUT2D eigenvalue weighted by Crippen LogP contribution is 2.01. The molecule has 0 radical (unpaired) electrons. The van der Waals surface area contributed by atoms with Gasteiger partial charge in [0.05, 0.1) is 0 Å². The fourth-order valence-corrected chi connectivity index (χ4v) is 2.02. The van der Waals surface area contributed by atoms with Crippen molar-refractivity contribution < 1.29 is 14.8 Å². The average molecular weight is 373 g/mol. The van der Waals surface area contributed by atoms with Crippen molar-refractivity contribution in [1.82, 2.24) is 0 Å². The Balaban J connectivity index is 3.74. The van der Waals surface area contributed by atoms with E-state index < -0.39 is 16.9 Å². The molecule has 0 heterocycles. The van der Waals surface area contributed by atoms with Crippen molar-refractivity contribution in [3.05, 3.63) is 83.0 Å². The van der Waals surface area contributed by atoms with Gasteiger partial charge >= 0.3 is 12.0 Å². The van der Waals surface area contributed by atoms with Gasteiger partial charge in [0, 0.05) is 11.3 Å². The van der Waals surface area contributed by atoms with Crippen molar-refractivity contribution in [3.8, 4) is 0 Å². The first-order valence-electron chi connectivity index (χ1n) is 9.35. The number of rotatable bonds is 15. The summed E-state index contributed by atoms with van der Waals surface area (Å²) in [5.74, 6) is -1.40. The molecule has 0 saturated carbocycles. The maximum atomic E-state index is 10.6. The number of carboxylic acid groups (broad SMARTS) is 1. The molecule has 0 aliphatic heterocycles. The number of carbonyl (C=O) groups is 1. The molecule has 0 aromatic carbocycles. The van der Waals surface area contributed by atoms with Gasteiger partial charge < -0.3 is 5.11 Å². The van der Waals surface area contributed by atoms with Crippen molar-refractivity contribution in [2.24, 2.45) is 0 Å². The second kappa shape index (κ2) is 18.1. The van der Waals surface area contributed by atoms with Crippen LogP contribution in [0.4, 0.5) is 0 Å². The minimum absolute atomic E-state index is 0.0902. The zero-order chi connectivity index (χ0) is 20.2. The molecule has 0 amide bonds. The molecule has 1 unspecified atom stereocenters. The molecular formula is C22H31NO4. The van der Waals surface area contributed by atoms with Gasteiger partial charge in [0.15, 0.2) is 0 Å². The normalized spacial score (nSPS) is 14.0. The van der Waals surface area contributed by atoms with Crippen molar-refractivity contribution >= 4 is 5.97 Å². The number of allylic oxidation sites excluding steroid dienone is 11. The summed E-state index contributed by atoms with van der Waals surface area (Å²) in [6.45, 7) is 2.13. The lowest BCUT2D eigenvalue weighted by molar-refractivity contribution is -0.509. The maximum Gasteiger partial charge on any atom is 0.379 e. The lowest BCUT2D eigenvalue weighted by Gasteiger charge is -1.99. The van der Waals surface area contributed by atoms with Crippen LogP contribution in [0.25, 0.3) is 0 Å². The summed E-state index contributed by atoms with van der Waals surface area (Å²) in [4.78, 5) is 20.4. The monoisotopic (exact) mass is 373 g/mol. The number of hydrogen-bond donors (Lipinski definition) is 1. The summed E-state index contributed by atoms with van der Waals surface area (Å²) < 4.78 is 0. The number of nitrogens with zero attached hydrogens (tertiary/aromatic N) is 1. The smallest absolute Gasteiger partial charge is 0.379 e. The number of hydrogen-bond acceptors (Lipinski definition) is 3. The van der Waals surface area contributed by atoms with Gasteiger partial charge in [-0.1, -0.05) is 79.8 Å². The Labute approximate surface area is 162 Å². The van der Waals surface area contributed by atoms with E-state index in [0.717, 1.165) is 32.1 Å². The van der Waals surface area contributed by atoms with Crippen LogP contribution in [0.5, 0.6) is 0 Å². The second-order valence-electron chi connectivity index (χ2n) is 5.79. The van der Waals surface area contributed by atoms with Crippen LogP contribution in [-0.4, -0.2) is 22.0 Å². The molecule has 27 heavy (non-hydrogen) atoms. The number of aliphatic carboxylic acids is 1. The van der Waals surface area contributed by atoms with E-state index in [1.165, 1.54) is 0 Å². The molecule has 5 nitrogen and oxygen atoms in total.